The van der Waals surface area contributed by atoms with Crippen molar-refractivity contribution >= 4 is 23.3 Å². The number of pyridine rings is 1. The van der Waals surface area contributed by atoms with Gasteiger partial charge in [-0.25, -0.2) is 4.98 Å². The van der Waals surface area contributed by atoms with Gasteiger partial charge in [0.05, 0.1) is 16.7 Å². The molecule has 2 heterocycles. The van der Waals surface area contributed by atoms with Crippen molar-refractivity contribution in [3.63, 3.8) is 0 Å². The Balaban J connectivity index is 2.00. The van der Waals surface area contributed by atoms with Gasteiger partial charge in [0.25, 0.3) is 5.91 Å². The van der Waals surface area contributed by atoms with Crippen LogP contribution in [0, 0.1) is 0 Å². The quantitative estimate of drug-likeness (QED) is 0.927. The summed E-state index contributed by atoms with van der Waals surface area (Å²) in [6.45, 7) is 1.39. The van der Waals surface area contributed by atoms with Gasteiger partial charge in [-0.05, 0) is 25.3 Å². The van der Waals surface area contributed by atoms with E-state index in [1.54, 1.807) is 25.1 Å². The summed E-state index contributed by atoms with van der Waals surface area (Å²) in [5.74, 6) is 0.484. The van der Waals surface area contributed by atoms with E-state index in [1.165, 1.54) is 6.20 Å². The van der Waals surface area contributed by atoms with E-state index in [-0.39, 0.29) is 12.0 Å². The summed E-state index contributed by atoms with van der Waals surface area (Å²) in [4.78, 5) is 18.1. The Kier molecular flexibility index (Phi) is 5.20. The molecular weight excluding hydrogens is 278 g/mol. The molecule has 1 amide bonds. The molecule has 0 aromatic carbocycles. The lowest BCUT2D eigenvalue weighted by Gasteiger charge is -2.27. The van der Waals surface area contributed by atoms with Crippen LogP contribution in [0.5, 0.6) is 0 Å². The number of hydrogen-bond donors (Lipinski definition) is 1. The van der Waals surface area contributed by atoms with E-state index in [4.69, 9.17) is 16.3 Å². The van der Waals surface area contributed by atoms with E-state index in [1.807, 2.05) is 0 Å². The maximum absolute atomic E-state index is 12.3. The van der Waals surface area contributed by atoms with E-state index in [9.17, 15) is 4.79 Å². The number of ether oxygens (including phenoxy) is 1. The first-order valence-corrected chi connectivity index (χ1v) is 7.20. The number of likely N-dealkylation sites (N-methyl/N-ethyl adjacent to an activating group) is 1. The molecule has 110 valence electrons. The number of carbonyl (C=O) groups excluding carboxylic acids is 1. The molecule has 1 saturated heterocycles. The van der Waals surface area contributed by atoms with Crippen molar-refractivity contribution in [2.45, 2.75) is 25.4 Å². The molecule has 5 nitrogen and oxygen atoms in total. The zero-order valence-corrected chi connectivity index (χ0v) is 12.6. The highest BCUT2D eigenvalue weighted by Crippen LogP contribution is 2.20. The van der Waals surface area contributed by atoms with E-state index in [0.717, 1.165) is 25.9 Å². The van der Waals surface area contributed by atoms with Gasteiger partial charge in [-0.1, -0.05) is 11.6 Å². The van der Waals surface area contributed by atoms with Crippen LogP contribution in [-0.4, -0.2) is 49.1 Å². The number of halogens is 1. The molecule has 6 heteroatoms. The highest BCUT2D eigenvalue weighted by Gasteiger charge is 2.20. The summed E-state index contributed by atoms with van der Waals surface area (Å²) in [6, 6.07) is 1.64. The topological polar surface area (TPSA) is 54.5 Å². The van der Waals surface area contributed by atoms with Gasteiger partial charge in [0.1, 0.15) is 5.82 Å². The van der Waals surface area contributed by atoms with E-state index in [0.29, 0.717) is 22.9 Å². The number of nitrogens with zero attached hydrogens (tertiary/aromatic N) is 2. The fourth-order valence-corrected chi connectivity index (χ4v) is 2.56. The first-order valence-electron chi connectivity index (χ1n) is 6.82. The average molecular weight is 298 g/mol. The Morgan fingerprint density at radius 1 is 1.60 bits per heavy atom. The van der Waals surface area contributed by atoms with Gasteiger partial charge in [0.15, 0.2) is 0 Å². The zero-order chi connectivity index (χ0) is 14.5. The summed E-state index contributed by atoms with van der Waals surface area (Å²) < 4.78 is 5.65. The third-order valence-electron chi connectivity index (χ3n) is 3.42. The number of amides is 1. The second kappa shape index (κ2) is 6.90. The summed E-state index contributed by atoms with van der Waals surface area (Å²) in [5, 5.41) is 3.31. The van der Waals surface area contributed by atoms with Crippen LogP contribution in [0.2, 0.25) is 5.02 Å². The first kappa shape index (κ1) is 15.1. The van der Waals surface area contributed by atoms with E-state index in [2.05, 4.69) is 10.3 Å². The molecule has 0 spiro atoms. The van der Waals surface area contributed by atoms with Crippen LogP contribution >= 0.6 is 11.6 Å². The third-order valence-corrected chi connectivity index (χ3v) is 3.71. The number of nitrogens with one attached hydrogen (secondary N) is 1. The van der Waals surface area contributed by atoms with Crippen molar-refractivity contribution < 1.29 is 9.53 Å². The van der Waals surface area contributed by atoms with Crippen LogP contribution in [-0.2, 0) is 4.74 Å². The van der Waals surface area contributed by atoms with Crippen molar-refractivity contribution in [1.82, 2.24) is 9.88 Å². The monoisotopic (exact) mass is 297 g/mol. The summed E-state index contributed by atoms with van der Waals surface area (Å²) >= 11 is 6.05. The van der Waals surface area contributed by atoms with Gasteiger partial charge in [-0.2, -0.15) is 0 Å². The number of aromatic nitrogens is 1. The van der Waals surface area contributed by atoms with Crippen molar-refractivity contribution in [3.05, 3.63) is 22.8 Å². The van der Waals surface area contributed by atoms with Crippen LogP contribution in [0.25, 0.3) is 0 Å². The molecule has 1 aromatic heterocycles. The highest BCUT2D eigenvalue weighted by atomic mass is 35.5. The van der Waals surface area contributed by atoms with Crippen LogP contribution < -0.4 is 5.32 Å². The van der Waals surface area contributed by atoms with Gasteiger partial charge >= 0.3 is 0 Å². The van der Waals surface area contributed by atoms with Crippen molar-refractivity contribution in [3.8, 4) is 0 Å². The molecule has 1 N–H and O–H groups in total. The Hall–Kier alpha value is -1.33. The molecule has 2 rings (SSSR count). The predicted molar refractivity (Wildman–Crippen MR) is 79.3 cm³/mol. The Labute approximate surface area is 124 Å². The van der Waals surface area contributed by atoms with Crippen molar-refractivity contribution in [2.24, 2.45) is 0 Å². The lowest BCUT2D eigenvalue weighted by molar-refractivity contribution is -0.000194. The molecule has 1 aliphatic heterocycles. The minimum Gasteiger partial charge on any atom is -0.376 e. The summed E-state index contributed by atoms with van der Waals surface area (Å²) in [5.41, 5.74) is 0.493. The molecule has 0 saturated carbocycles. The maximum atomic E-state index is 12.3. The first-order chi connectivity index (χ1) is 9.61. The molecule has 1 atom stereocenters. The normalized spacial score (nSPS) is 18.6. The van der Waals surface area contributed by atoms with Gasteiger partial charge in [-0.15, -0.1) is 0 Å². The number of hydrogen-bond acceptors (Lipinski definition) is 4. The number of rotatable bonds is 4. The second-order valence-corrected chi connectivity index (χ2v) is 5.39. The Morgan fingerprint density at radius 2 is 2.40 bits per heavy atom. The van der Waals surface area contributed by atoms with Crippen LogP contribution in [0.15, 0.2) is 12.3 Å². The summed E-state index contributed by atoms with van der Waals surface area (Å²) in [6.07, 6.45) is 4.96. The van der Waals surface area contributed by atoms with Crippen molar-refractivity contribution in [1.29, 1.82) is 0 Å². The maximum Gasteiger partial charge on any atom is 0.255 e. The largest absolute Gasteiger partial charge is 0.376 e. The smallest absolute Gasteiger partial charge is 0.255 e. The molecule has 1 aromatic rings. The van der Waals surface area contributed by atoms with E-state index < -0.39 is 0 Å². The van der Waals surface area contributed by atoms with Gasteiger partial charge in [-0.3, -0.25) is 4.79 Å². The standard InChI is InChI=1S/C14H20ClN3O2/c1-16-13-12(15)7-10(8-17-13)14(19)18(2)9-11-5-3-4-6-20-11/h7-8,11H,3-6,9H2,1-2H3,(H,16,17). The number of carbonyl (C=O) groups is 1. The lowest BCUT2D eigenvalue weighted by atomic mass is 10.1. The molecule has 20 heavy (non-hydrogen) atoms. The van der Waals surface area contributed by atoms with Gasteiger partial charge < -0.3 is 15.0 Å². The molecular formula is C14H20ClN3O2. The van der Waals surface area contributed by atoms with Crippen LogP contribution in [0.4, 0.5) is 5.82 Å². The molecule has 1 fully saturated rings. The average Bonchev–Trinajstić information content (AvgIpc) is 2.47. The molecule has 1 aliphatic rings. The highest BCUT2D eigenvalue weighted by molar-refractivity contribution is 6.33. The molecule has 0 radical (unpaired) electrons. The van der Waals surface area contributed by atoms with Crippen LogP contribution in [0.3, 0.4) is 0 Å². The number of anilines is 1. The molecule has 1 unspecified atom stereocenters. The summed E-state index contributed by atoms with van der Waals surface area (Å²) in [7, 11) is 3.52. The SMILES string of the molecule is CNc1ncc(C(=O)N(C)CC2CCCCO2)cc1Cl. The third kappa shape index (κ3) is 3.61. The molecule has 0 bridgehead atoms. The van der Waals surface area contributed by atoms with Crippen molar-refractivity contribution in [2.75, 3.05) is 32.6 Å². The predicted octanol–water partition coefficient (Wildman–Crippen LogP) is 2.42. The lowest BCUT2D eigenvalue weighted by Crippen LogP contribution is -2.37. The fraction of sp³-hybridized carbons (Fsp3) is 0.571. The minimum absolute atomic E-state index is 0.0868. The Bertz CT molecular complexity index is 475. The minimum atomic E-state index is -0.0868. The zero-order valence-electron chi connectivity index (χ0n) is 11.9. The van der Waals surface area contributed by atoms with Gasteiger partial charge in [0.2, 0.25) is 0 Å². The molecule has 0 aliphatic carbocycles. The Morgan fingerprint density at radius 3 is 3.00 bits per heavy atom. The van der Waals surface area contributed by atoms with E-state index >= 15 is 0 Å². The van der Waals surface area contributed by atoms with Gasteiger partial charge in [0, 0.05) is 33.4 Å². The fourth-order valence-electron chi connectivity index (χ4n) is 2.30. The van der Waals surface area contributed by atoms with Crippen LogP contribution in [0.1, 0.15) is 29.6 Å². The second-order valence-electron chi connectivity index (χ2n) is 4.98.